The molecule has 0 fully saturated rings. The number of urea groups is 1. The molecule has 0 unspecified atom stereocenters. The second-order valence-corrected chi connectivity index (χ2v) is 9.93. The van der Waals surface area contributed by atoms with Gasteiger partial charge < -0.3 is 10.1 Å². The normalized spacial score (nSPS) is 12.7. The number of benzene rings is 3. The van der Waals surface area contributed by atoms with Crippen molar-refractivity contribution in [1.82, 2.24) is 9.62 Å². The molecule has 0 spiro atoms. The number of fused-ring (bicyclic) bond motifs is 1. The van der Waals surface area contributed by atoms with E-state index in [1.165, 1.54) is 36.4 Å². The maximum absolute atomic E-state index is 12.4. The number of esters is 1. The van der Waals surface area contributed by atoms with Crippen molar-refractivity contribution in [3.63, 3.8) is 0 Å². The number of imide groups is 1. The summed E-state index contributed by atoms with van der Waals surface area (Å²) in [6.45, 7) is 1.86. The van der Waals surface area contributed by atoms with Crippen LogP contribution in [0.15, 0.2) is 77.7 Å². The molecule has 1 aliphatic rings. The largest absolute Gasteiger partial charge is 0.462 e. The van der Waals surface area contributed by atoms with Crippen LogP contribution in [-0.4, -0.2) is 50.3 Å². The second-order valence-electron chi connectivity index (χ2n) is 8.25. The van der Waals surface area contributed by atoms with E-state index in [9.17, 15) is 27.6 Å². The van der Waals surface area contributed by atoms with Gasteiger partial charge in [0.05, 0.1) is 28.2 Å². The Morgan fingerprint density at radius 1 is 0.892 bits per heavy atom. The van der Waals surface area contributed by atoms with Crippen LogP contribution in [0.5, 0.6) is 0 Å². The predicted octanol–water partition coefficient (Wildman–Crippen LogP) is 3.35. The van der Waals surface area contributed by atoms with E-state index in [-0.39, 0.29) is 47.5 Å². The maximum Gasteiger partial charge on any atom is 0.338 e. The summed E-state index contributed by atoms with van der Waals surface area (Å²) in [4.78, 5) is 50.5. The van der Waals surface area contributed by atoms with Crippen LogP contribution in [-0.2, 0) is 14.8 Å². The minimum Gasteiger partial charge on any atom is -0.462 e. The van der Waals surface area contributed by atoms with Crippen molar-refractivity contribution in [2.75, 3.05) is 18.5 Å². The first kappa shape index (κ1) is 25.6. The molecule has 4 amide bonds. The van der Waals surface area contributed by atoms with Gasteiger partial charge in [0.15, 0.2) is 0 Å². The zero-order chi connectivity index (χ0) is 26.6. The molecule has 0 saturated heterocycles. The van der Waals surface area contributed by atoms with E-state index in [1.54, 1.807) is 36.4 Å². The lowest BCUT2D eigenvalue weighted by molar-refractivity contribution is 0.0482. The molecule has 1 aliphatic heterocycles. The van der Waals surface area contributed by atoms with E-state index in [2.05, 4.69) is 5.32 Å². The number of ether oxygens (including phenoxy) is 1. The van der Waals surface area contributed by atoms with E-state index in [1.807, 2.05) is 11.6 Å². The molecule has 0 saturated carbocycles. The van der Waals surface area contributed by atoms with Crippen molar-refractivity contribution < 1.29 is 32.3 Å². The van der Waals surface area contributed by atoms with Crippen LogP contribution in [0, 0.1) is 6.92 Å². The van der Waals surface area contributed by atoms with Crippen molar-refractivity contribution in [3.8, 4) is 0 Å². The van der Waals surface area contributed by atoms with E-state index in [4.69, 9.17) is 4.74 Å². The number of rotatable bonds is 8. The molecular formula is C26H23N3O7S. The van der Waals surface area contributed by atoms with Gasteiger partial charge in [0.25, 0.3) is 21.8 Å². The SMILES string of the molecule is Cc1ccc(S(=O)(=O)NC(=O)Nc2cccc(C(=O)OCCCN3C(=O)c4ccccc4C3=O)c2)cc1. The van der Waals surface area contributed by atoms with Gasteiger partial charge in [-0.2, -0.15) is 0 Å². The molecular weight excluding hydrogens is 498 g/mol. The first-order chi connectivity index (χ1) is 17.7. The minimum absolute atomic E-state index is 0.0425. The third kappa shape index (κ3) is 5.84. The lowest BCUT2D eigenvalue weighted by Crippen LogP contribution is -2.34. The number of nitrogens with zero attached hydrogens (tertiary/aromatic N) is 1. The summed E-state index contributed by atoms with van der Waals surface area (Å²) in [6, 6.07) is 17.3. The fourth-order valence-electron chi connectivity index (χ4n) is 3.69. The molecule has 2 N–H and O–H groups in total. The second kappa shape index (κ2) is 10.6. The number of carbonyl (C=O) groups excluding carboxylic acids is 4. The van der Waals surface area contributed by atoms with E-state index >= 15 is 0 Å². The van der Waals surface area contributed by atoms with Crippen LogP contribution in [0.2, 0.25) is 0 Å². The first-order valence-electron chi connectivity index (χ1n) is 11.3. The number of carbonyl (C=O) groups is 4. The zero-order valence-electron chi connectivity index (χ0n) is 19.8. The summed E-state index contributed by atoms with van der Waals surface area (Å²) in [5.74, 6) is -1.44. The molecule has 0 radical (unpaired) electrons. The standard InChI is InChI=1S/C26H23N3O7S/c1-17-10-12-20(13-11-17)37(34,35)28-26(33)27-19-7-4-6-18(16-19)25(32)36-15-5-14-29-23(30)21-8-2-3-9-22(21)24(29)31/h2-4,6-13,16H,5,14-15H2,1H3,(H2,27,28,33). The Kier molecular flexibility index (Phi) is 7.35. The Morgan fingerprint density at radius 3 is 2.19 bits per heavy atom. The van der Waals surface area contributed by atoms with Gasteiger partial charge in [-0.25, -0.2) is 22.7 Å². The number of sulfonamides is 1. The predicted molar refractivity (Wildman–Crippen MR) is 134 cm³/mol. The van der Waals surface area contributed by atoms with Crippen LogP contribution in [0.3, 0.4) is 0 Å². The quantitative estimate of drug-likeness (QED) is 0.263. The number of amides is 4. The monoisotopic (exact) mass is 521 g/mol. The Labute approximate surface area is 213 Å². The summed E-state index contributed by atoms with van der Waals surface area (Å²) in [6.07, 6.45) is 0.244. The third-order valence-corrected chi connectivity index (χ3v) is 6.90. The highest BCUT2D eigenvalue weighted by Crippen LogP contribution is 2.22. The third-order valence-electron chi connectivity index (χ3n) is 5.55. The Hall–Kier alpha value is -4.51. The van der Waals surface area contributed by atoms with Gasteiger partial charge in [0.2, 0.25) is 0 Å². The molecule has 4 rings (SSSR count). The molecule has 0 aromatic heterocycles. The maximum atomic E-state index is 12.4. The molecule has 190 valence electrons. The highest BCUT2D eigenvalue weighted by molar-refractivity contribution is 7.90. The fraction of sp³-hybridized carbons (Fsp3) is 0.154. The van der Waals surface area contributed by atoms with Crippen molar-refractivity contribution in [3.05, 3.63) is 95.1 Å². The fourth-order valence-corrected chi connectivity index (χ4v) is 4.60. The summed E-state index contributed by atoms with van der Waals surface area (Å²) >= 11 is 0. The smallest absolute Gasteiger partial charge is 0.338 e. The number of hydrogen-bond acceptors (Lipinski definition) is 7. The number of aryl methyl sites for hydroxylation is 1. The molecule has 0 aliphatic carbocycles. The van der Waals surface area contributed by atoms with Crippen LogP contribution in [0.1, 0.15) is 43.1 Å². The van der Waals surface area contributed by atoms with Crippen LogP contribution >= 0.6 is 0 Å². The van der Waals surface area contributed by atoms with Crippen LogP contribution < -0.4 is 10.0 Å². The molecule has 0 atom stereocenters. The first-order valence-corrected chi connectivity index (χ1v) is 12.8. The molecule has 1 heterocycles. The van der Waals surface area contributed by atoms with Crippen molar-refractivity contribution in [2.45, 2.75) is 18.2 Å². The highest BCUT2D eigenvalue weighted by atomic mass is 32.2. The Bertz CT molecular complexity index is 1450. The Morgan fingerprint density at radius 2 is 1.54 bits per heavy atom. The van der Waals surface area contributed by atoms with Gasteiger partial charge in [-0.3, -0.25) is 14.5 Å². The lowest BCUT2D eigenvalue weighted by Gasteiger charge is -2.13. The van der Waals surface area contributed by atoms with Crippen molar-refractivity contribution in [1.29, 1.82) is 0 Å². The molecule has 3 aromatic carbocycles. The molecule has 11 heteroatoms. The summed E-state index contributed by atoms with van der Waals surface area (Å²) < 4.78 is 31.9. The van der Waals surface area contributed by atoms with Gasteiger partial charge in [0.1, 0.15) is 0 Å². The number of nitrogens with one attached hydrogen (secondary N) is 2. The van der Waals surface area contributed by atoms with Gasteiger partial charge >= 0.3 is 12.0 Å². The van der Waals surface area contributed by atoms with Gasteiger partial charge in [-0.1, -0.05) is 35.9 Å². The molecule has 37 heavy (non-hydrogen) atoms. The highest BCUT2D eigenvalue weighted by Gasteiger charge is 2.34. The van der Waals surface area contributed by atoms with Crippen molar-refractivity contribution in [2.24, 2.45) is 0 Å². The summed E-state index contributed by atoms with van der Waals surface area (Å²) in [5.41, 5.74) is 1.88. The van der Waals surface area contributed by atoms with E-state index < -0.39 is 22.0 Å². The van der Waals surface area contributed by atoms with Gasteiger partial charge in [-0.15, -0.1) is 0 Å². The van der Waals surface area contributed by atoms with E-state index in [0.29, 0.717) is 11.1 Å². The molecule has 0 bridgehead atoms. The average molecular weight is 522 g/mol. The van der Waals surface area contributed by atoms with Crippen LogP contribution in [0.25, 0.3) is 0 Å². The number of anilines is 1. The molecule has 10 nitrogen and oxygen atoms in total. The summed E-state index contributed by atoms with van der Waals surface area (Å²) in [7, 11) is -4.08. The van der Waals surface area contributed by atoms with Crippen LogP contribution in [0.4, 0.5) is 10.5 Å². The average Bonchev–Trinajstić information content (AvgIpc) is 3.11. The zero-order valence-corrected chi connectivity index (χ0v) is 20.6. The van der Waals surface area contributed by atoms with Crippen molar-refractivity contribution >= 4 is 39.5 Å². The van der Waals surface area contributed by atoms with Gasteiger partial charge in [-0.05, 0) is 55.8 Å². The topological polar surface area (TPSA) is 139 Å². The number of hydrogen-bond donors (Lipinski definition) is 2. The Balaban J connectivity index is 1.28. The summed E-state index contributed by atoms with van der Waals surface area (Å²) in [5, 5.41) is 2.38. The molecule has 3 aromatic rings. The van der Waals surface area contributed by atoms with E-state index in [0.717, 1.165) is 10.5 Å². The lowest BCUT2D eigenvalue weighted by atomic mass is 10.1. The minimum atomic E-state index is -4.08. The van der Waals surface area contributed by atoms with Gasteiger partial charge in [0, 0.05) is 12.2 Å².